The molecule has 0 saturated carbocycles. The third-order valence-electron chi connectivity index (χ3n) is 6.71. The number of nitrogens with zero attached hydrogens (tertiary/aromatic N) is 4. The summed E-state index contributed by atoms with van der Waals surface area (Å²) in [6.45, 7) is 2.38. The molecule has 0 aliphatic carbocycles. The second kappa shape index (κ2) is 7.53. The van der Waals surface area contributed by atoms with Crippen molar-refractivity contribution >= 4 is 11.3 Å². The molecule has 1 aromatic carbocycles. The number of benzene rings is 1. The van der Waals surface area contributed by atoms with Crippen LogP contribution >= 0.6 is 0 Å². The molecule has 0 spiro atoms. The number of piperidine rings is 1. The summed E-state index contributed by atoms with van der Waals surface area (Å²) in [5.41, 5.74) is 5.07. The quantitative estimate of drug-likeness (QED) is 0.543. The van der Waals surface area contributed by atoms with E-state index in [9.17, 15) is 4.79 Å². The van der Waals surface area contributed by atoms with Crippen molar-refractivity contribution in [3.8, 4) is 11.4 Å². The molecule has 2 aliphatic rings. The summed E-state index contributed by atoms with van der Waals surface area (Å²) in [5, 5.41) is 3.50. The predicted octanol–water partition coefficient (Wildman–Crippen LogP) is 2.96. The summed E-state index contributed by atoms with van der Waals surface area (Å²) in [6, 6.07) is 16.1. The Morgan fingerprint density at radius 1 is 1.16 bits per heavy atom. The number of ether oxygens (including phenoxy) is 1. The van der Waals surface area contributed by atoms with Crippen LogP contribution in [0.3, 0.4) is 0 Å². The number of likely N-dealkylation sites (N-methyl/N-ethyl adjacent to an activating group) is 1. The van der Waals surface area contributed by atoms with Crippen LogP contribution in [0.1, 0.15) is 23.6 Å². The fourth-order valence-corrected chi connectivity index (χ4v) is 5.07. The lowest BCUT2D eigenvalue weighted by Gasteiger charge is -2.31. The van der Waals surface area contributed by atoms with E-state index in [-0.39, 0.29) is 5.56 Å². The number of hydrogen-bond acceptors (Lipinski definition) is 5. The molecule has 1 N–H and O–H groups in total. The lowest BCUT2D eigenvalue weighted by molar-refractivity contribution is 0.301. The molecule has 2 atom stereocenters. The van der Waals surface area contributed by atoms with E-state index < -0.39 is 0 Å². The molecule has 0 bridgehead atoms. The Balaban J connectivity index is 1.23. The van der Waals surface area contributed by atoms with E-state index in [4.69, 9.17) is 4.74 Å². The zero-order valence-corrected chi connectivity index (χ0v) is 17.9. The maximum Gasteiger partial charge on any atom is 0.258 e. The molecule has 4 aromatic rings. The van der Waals surface area contributed by atoms with E-state index >= 15 is 0 Å². The molecule has 3 aromatic heterocycles. The largest absolute Gasteiger partial charge is 0.487 e. The highest BCUT2D eigenvalue weighted by atomic mass is 16.5. The van der Waals surface area contributed by atoms with Gasteiger partial charge < -0.3 is 19.4 Å². The zero-order chi connectivity index (χ0) is 21.7. The van der Waals surface area contributed by atoms with Gasteiger partial charge in [0.05, 0.1) is 11.4 Å². The first-order valence-electron chi connectivity index (χ1n) is 11.0. The summed E-state index contributed by atoms with van der Waals surface area (Å²) in [7, 11) is 2.15. The van der Waals surface area contributed by atoms with Crippen LogP contribution in [0.2, 0.25) is 0 Å². The van der Waals surface area contributed by atoms with Gasteiger partial charge in [0.25, 0.3) is 5.56 Å². The van der Waals surface area contributed by atoms with Crippen molar-refractivity contribution < 1.29 is 4.74 Å². The van der Waals surface area contributed by atoms with Gasteiger partial charge in [-0.2, -0.15) is 0 Å². The molecule has 1 saturated heterocycles. The zero-order valence-electron chi connectivity index (χ0n) is 17.9. The van der Waals surface area contributed by atoms with Gasteiger partial charge >= 0.3 is 0 Å². The normalized spacial score (nSPS) is 19.7. The van der Waals surface area contributed by atoms with Gasteiger partial charge in [-0.1, -0.05) is 12.1 Å². The lowest BCUT2D eigenvalue weighted by atomic mass is 9.89. The highest BCUT2D eigenvalue weighted by Gasteiger charge is 2.37. The van der Waals surface area contributed by atoms with E-state index in [1.54, 1.807) is 10.8 Å². The van der Waals surface area contributed by atoms with Crippen molar-refractivity contribution in [1.82, 2.24) is 19.3 Å². The van der Waals surface area contributed by atoms with Gasteiger partial charge in [0, 0.05) is 55.9 Å². The molecule has 7 nitrogen and oxygen atoms in total. The number of anilines is 1. The Hall–Kier alpha value is -3.58. The van der Waals surface area contributed by atoms with Crippen molar-refractivity contribution in [2.45, 2.75) is 25.0 Å². The van der Waals surface area contributed by atoms with E-state index in [0.29, 0.717) is 24.3 Å². The second-order valence-corrected chi connectivity index (χ2v) is 8.58. The number of nitrogens with one attached hydrogen (secondary N) is 1. The maximum absolute atomic E-state index is 12.9. The highest BCUT2D eigenvalue weighted by Crippen LogP contribution is 2.43. The van der Waals surface area contributed by atoms with E-state index in [0.717, 1.165) is 36.5 Å². The standard InChI is InChI=1S/C25H25N5O2/c1-28-22-12-18(5-6-20(22)21-7-9-26-14-23(21)28)30-11-8-19(13-25(30)31)32-16-17-15-29-10-3-2-4-24(29)27-17/h2-6,8,10-13,15,21,23,26H,7,9,14,16H2,1H3. The third kappa shape index (κ3) is 3.17. The Bertz CT molecular complexity index is 1320. The Morgan fingerprint density at radius 3 is 2.97 bits per heavy atom. The second-order valence-electron chi connectivity index (χ2n) is 8.58. The summed E-state index contributed by atoms with van der Waals surface area (Å²) in [4.78, 5) is 19.8. The van der Waals surface area contributed by atoms with Crippen molar-refractivity contribution in [2.75, 3.05) is 25.0 Å². The van der Waals surface area contributed by atoms with Gasteiger partial charge in [0.2, 0.25) is 0 Å². The lowest BCUT2D eigenvalue weighted by Crippen LogP contribution is -2.44. The minimum Gasteiger partial charge on any atom is -0.487 e. The summed E-state index contributed by atoms with van der Waals surface area (Å²) in [6.07, 6.45) is 6.82. The first kappa shape index (κ1) is 19.1. The molecule has 2 aliphatic heterocycles. The topological polar surface area (TPSA) is 63.8 Å². The first-order chi connectivity index (χ1) is 15.7. The summed E-state index contributed by atoms with van der Waals surface area (Å²) >= 11 is 0. The maximum atomic E-state index is 12.9. The van der Waals surface area contributed by atoms with Gasteiger partial charge in [-0.25, -0.2) is 4.98 Å². The minimum atomic E-state index is -0.114. The molecule has 1 fully saturated rings. The van der Waals surface area contributed by atoms with Crippen molar-refractivity contribution in [2.24, 2.45) is 0 Å². The molecule has 6 rings (SSSR count). The van der Waals surface area contributed by atoms with Crippen molar-refractivity contribution in [3.05, 3.63) is 88.7 Å². The van der Waals surface area contributed by atoms with Crippen molar-refractivity contribution in [1.29, 1.82) is 0 Å². The summed E-state index contributed by atoms with van der Waals surface area (Å²) in [5.74, 6) is 1.11. The van der Waals surface area contributed by atoms with Crippen LogP contribution in [0, 0.1) is 0 Å². The number of pyridine rings is 2. The number of rotatable bonds is 4. The minimum absolute atomic E-state index is 0.114. The third-order valence-corrected chi connectivity index (χ3v) is 6.71. The number of imidazole rings is 1. The van der Waals surface area contributed by atoms with E-state index in [2.05, 4.69) is 40.4 Å². The van der Waals surface area contributed by atoms with Crippen LogP contribution in [0.15, 0.2) is 71.9 Å². The van der Waals surface area contributed by atoms with Crippen LogP contribution in [-0.2, 0) is 6.61 Å². The van der Waals surface area contributed by atoms with Crippen LogP contribution in [0.4, 0.5) is 5.69 Å². The van der Waals surface area contributed by atoms with Crippen LogP contribution in [0.5, 0.6) is 5.75 Å². The summed E-state index contributed by atoms with van der Waals surface area (Å²) < 4.78 is 9.47. The van der Waals surface area contributed by atoms with Crippen LogP contribution in [0.25, 0.3) is 11.3 Å². The van der Waals surface area contributed by atoms with Gasteiger partial charge in [-0.05, 0) is 48.9 Å². The van der Waals surface area contributed by atoms with Crippen LogP contribution < -0.4 is 20.5 Å². The van der Waals surface area contributed by atoms with Gasteiger partial charge in [0.15, 0.2) is 0 Å². The monoisotopic (exact) mass is 427 g/mol. The Morgan fingerprint density at radius 2 is 2.09 bits per heavy atom. The molecule has 162 valence electrons. The van der Waals surface area contributed by atoms with Gasteiger partial charge in [0.1, 0.15) is 18.0 Å². The molecular weight excluding hydrogens is 402 g/mol. The molecular formula is C25H25N5O2. The van der Waals surface area contributed by atoms with Gasteiger partial charge in [-0.15, -0.1) is 0 Å². The number of aromatic nitrogens is 3. The fraction of sp³-hybridized carbons (Fsp3) is 0.280. The van der Waals surface area contributed by atoms with Crippen molar-refractivity contribution in [3.63, 3.8) is 0 Å². The smallest absolute Gasteiger partial charge is 0.258 e. The fourth-order valence-electron chi connectivity index (χ4n) is 5.07. The molecule has 0 amide bonds. The molecule has 0 radical (unpaired) electrons. The number of hydrogen-bond donors (Lipinski definition) is 1. The predicted molar refractivity (Wildman–Crippen MR) is 124 cm³/mol. The Labute approximate surface area is 185 Å². The molecule has 7 heteroatoms. The number of fused-ring (bicyclic) bond motifs is 4. The first-order valence-corrected chi connectivity index (χ1v) is 11.0. The van der Waals surface area contributed by atoms with Gasteiger partial charge in [-0.3, -0.25) is 9.36 Å². The van der Waals surface area contributed by atoms with Crippen LogP contribution in [-0.4, -0.2) is 40.1 Å². The van der Waals surface area contributed by atoms with E-state index in [1.165, 1.54) is 17.3 Å². The SMILES string of the molecule is CN1c2cc(-n3ccc(OCc4cn5ccccc5n4)cc3=O)ccc2C2CCNCC21. The van der Waals surface area contributed by atoms with E-state index in [1.807, 2.05) is 41.1 Å². The average Bonchev–Trinajstić information content (AvgIpc) is 3.37. The Kier molecular flexibility index (Phi) is 4.50. The molecule has 5 heterocycles. The molecule has 2 unspecified atom stereocenters. The molecule has 32 heavy (non-hydrogen) atoms. The highest BCUT2D eigenvalue weighted by molar-refractivity contribution is 5.65. The average molecular weight is 428 g/mol.